The minimum atomic E-state index is -0.579. The maximum absolute atomic E-state index is 11.3. The number of carboxylic acids is 1. The SMILES string of the molecule is CCCC[N+]1(CCCC)CCC[C@@H]1C(=O)O. The molecule has 94 valence electrons. The van der Waals surface area contributed by atoms with Crippen LogP contribution in [0.1, 0.15) is 52.4 Å². The molecule has 1 rings (SSSR count). The first kappa shape index (κ1) is 13.5. The van der Waals surface area contributed by atoms with E-state index in [-0.39, 0.29) is 6.04 Å². The fraction of sp³-hybridized carbons (Fsp3) is 0.923. The second-order valence-corrected chi connectivity index (χ2v) is 5.09. The van der Waals surface area contributed by atoms with Crippen molar-refractivity contribution in [2.45, 2.75) is 58.4 Å². The summed E-state index contributed by atoms with van der Waals surface area (Å²) in [6.45, 7) is 7.57. The van der Waals surface area contributed by atoms with Gasteiger partial charge in [0.2, 0.25) is 0 Å². The Hall–Kier alpha value is -0.570. The van der Waals surface area contributed by atoms with E-state index in [4.69, 9.17) is 0 Å². The fourth-order valence-electron chi connectivity index (χ4n) is 2.98. The van der Waals surface area contributed by atoms with E-state index in [2.05, 4.69) is 13.8 Å². The van der Waals surface area contributed by atoms with Crippen molar-refractivity contribution >= 4 is 5.97 Å². The lowest BCUT2D eigenvalue weighted by Crippen LogP contribution is -2.55. The summed E-state index contributed by atoms with van der Waals surface area (Å²) in [5.74, 6) is -0.579. The molecule has 0 amide bonds. The monoisotopic (exact) mass is 228 g/mol. The van der Waals surface area contributed by atoms with Gasteiger partial charge in [0.05, 0.1) is 19.6 Å². The Labute approximate surface area is 99.0 Å². The molecule has 1 fully saturated rings. The van der Waals surface area contributed by atoms with Crippen molar-refractivity contribution in [2.24, 2.45) is 0 Å². The van der Waals surface area contributed by atoms with E-state index in [9.17, 15) is 9.90 Å². The van der Waals surface area contributed by atoms with Crippen molar-refractivity contribution < 1.29 is 14.4 Å². The van der Waals surface area contributed by atoms with E-state index in [1.54, 1.807) is 0 Å². The number of unbranched alkanes of at least 4 members (excludes halogenated alkanes) is 2. The summed E-state index contributed by atoms with van der Waals surface area (Å²) in [4.78, 5) is 11.3. The van der Waals surface area contributed by atoms with Gasteiger partial charge in [-0.2, -0.15) is 0 Å². The van der Waals surface area contributed by atoms with Crippen LogP contribution in [0.3, 0.4) is 0 Å². The molecule has 0 aromatic heterocycles. The summed E-state index contributed by atoms with van der Waals surface area (Å²) >= 11 is 0. The molecule has 0 aromatic rings. The minimum Gasteiger partial charge on any atom is -0.477 e. The number of nitrogens with zero attached hydrogens (tertiary/aromatic N) is 1. The van der Waals surface area contributed by atoms with E-state index < -0.39 is 5.97 Å². The number of carbonyl (C=O) groups is 1. The molecule has 0 bridgehead atoms. The Morgan fingerprint density at radius 3 is 2.25 bits per heavy atom. The minimum absolute atomic E-state index is 0.127. The van der Waals surface area contributed by atoms with Crippen LogP contribution in [-0.2, 0) is 4.79 Å². The summed E-state index contributed by atoms with van der Waals surface area (Å²) in [5, 5.41) is 9.33. The van der Waals surface area contributed by atoms with Gasteiger partial charge in [-0.25, -0.2) is 4.79 Å². The second-order valence-electron chi connectivity index (χ2n) is 5.09. The lowest BCUT2D eigenvalue weighted by Gasteiger charge is -2.38. The van der Waals surface area contributed by atoms with Gasteiger partial charge in [-0.05, 0) is 12.8 Å². The average molecular weight is 228 g/mol. The van der Waals surface area contributed by atoms with Crippen molar-refractivity contribution in [1.82, 2.24) is 0 Å². The fourth-order valence-corrected chi connectivity index (χ4v) is 2.98. The van der Waals surface area contributed by atoms with Crippen molar-refractivity contribution in [2.75, 3.05) is 19.6 Å². The number of hydrogen-bond acceptors (Lipinski definition) is 1. The number of likely N-dealkylation sites (tertiary alicyclic amines) is 1. The highest BCUT2D eigenvalue weighted by Crippen LogP contribution is 2.29. The molecule has 0 aliphatic carbocycles. The van der Waals surface area contributed by atoms with E-state index in [0.717, 1.165) is 49.8 Å². The molecule has 0 spiro atoms. The first-order valence-electron chi connectivity index (χ1n) is 6.75. The van der Waals surface area contributed by atoms with Crippen molar-refractivity contribution in [3.05, 3.63) is 0 Å². The molecule has 16 heavy (non-hydrogen) atoms. The molecule has 0 aromatic carbocycles. The number of quaternary nitrogens is 1. The maximum atomic E-state index is 11.3. The third-order valence-electron chi connectivity index (χ3n) is 3.94. The van der Waals surface area contributed by atoms with E-state index >= 15 is 0 Å². The van der Waals surface area contributed by atoms with Crippen molar-refractivity contribution in [3.8, 4) is 0 Å². The topological polar surface area (TPSA) is 37.3 Å². The molecule has 1 atom stereocenters. The van der Waals surface area contributed by atoms with Gasteiger partial charge in [-0.1, -0.05) is 26.7 Å². The van der Waals surface area contributed by atoms with Crippen molar-refractivity contribution in [3.63, 3.8) is 0 Å². The van der Waals surface area contributed by atoms with Gasteiger partial charge >= 0.3 is 5.97 Å². The third-order valence-corrected chi connectivity index (χ3v) is 3.94. The predicted octanol–water partition coefficient (Wildman–Crippen LogP) is 2.65. The largest absolute Gasteiger partial charge is 0.477 e. The summed E-state index contributed by atoms with van der Waals surface area (Å²) in [6, 6.07) is -0.127. The molecule has 0 radical (unpaired) electrons. The van der Waals surface area contributed by atoms with Gasteiger partial charge < -0.3 is 9.59 Å². The first-order valence-corrected chi connectivity index (χ1v) is 6.75. The highest BCUT2D eigenvalue weighted by Gasteiger charge is 2.45. The molecule has 1 N–H and O–H groups in total. The molecule has 1 aliphatic rings. The van der Waals surface area contributed by atoms with Crippen LogP contribution in [0.15, 0.2) is 0 Å². The Morgan fingerprint density at radius 2 is 1.81 bits per heavy atom. The van der Waals surface area contributed by atoms with Gasteiger partial charge in [0.25, 0.3) is 0 Å². The molecule has 1 saturated heterocycles. The zero-order chi connectivity index (χ0) is 12.0. The lowest BCUT2D eigenvalue weighted by atomic mass is 10.1. The number of hydrogen-bond donors (Lipinski definition) is 1. The van der Waals surface area contributed by atoms with Crippen LogP contribution >= 0.6 is 0 Å². The van der Waals surface area contributed by atoms with Crippen molar-refractivity contribution in [1.29, 1.82) is 0 Å². The Balaban J connectivity index is 2.70. The highest BCUT2D eigenvalue weighted by atomic mass is 16.4. The smallest absolute Gasteiger partial charge is 0.362 e. The van der Waals surface area contributed by atoms with Crippen LogP contribution in [0.25, 0.3) is 0 Å². The quantitative estimate of drug-likeness (QED) is 0.680. The molecule has 0 saturated carbocycles. The Bertz CT molecular complexity index is 220. The van der Waals surface area contributed by atoms with E-state index in [0.29, 0.717) is 0 Å². The Kier molecular flexibility index (Phi) is 5.26. The van der Waals surface area contributed by atoms with Crippen LogP contribution in [0.4, 0.5) is 0 Å². The molecule has 1 heterocycles. The normalized spacial score (nSPS) is 23.5. The van der Waals surface area contributed by atoms with Crippen LogP contribution < -0.4 is 0 Å². The van der Waals surface area contributed by atoms with E-state index in [1.807, 2.05) is 0 Å². The van der Waals surface area contributed by atoms with Crippen LogP contribution in [0.5, 0.6) is 0 Å². The molecular formula is C13H26NO2+. The average Bonchev–Trinajstić information content (AvgIpc) is 2.68. The first-order chi connectivity index (χ1) is 7.66. The Morgan fingerprint density at radius 1 is 1.25 bits per heavy atom. The van der Waals surface area contributed by atoms with Crippen LogP contribution in [0, 0.1) is 0 Å². The molecule has 0 unspecified atom stereocenters. The summed E-state index contributed by atoms with van der Waals surface area (Å²) in [6.07, 6.45) is 6.62. The van der Waals surface area contributed by atoms with Crippen LogP contribution in [0.2, 0.25) is 0 Å². The molecule has 3 nitrogen and oxygen atoms in total. The van der Waals surface area contributed by atoms with Gasteiger partial charge in [0.1, 0.15) is 0 Å². The zero-order valence-corrected chi connectivity index (χ0v) is 10.7. The van der Waals surface area contributed by atoms with Gasteiger partial charge in [-0.15, -0.1) is 0 Å². The second kappa shape index (κ2) is 6.24. The molecule has 1 aliphatic heterocycles. The predicted molar refractivity (Wildman–Crippen MR) is 65.3 cm³/mol. The lowest BCUT2D eigenvalue weighted by molar-refractivity contribution is -0.932. The van der Waals surface area contributed by atoms with Gasteiger partial charge in [0.15, 0.2) is 6.04 Å². The molecular weight excluding hydrogens is 202 g/mol. The number of rotatable bonds is 7. The maximum Gasteiger partial charge on any atom is 0.362 e. The van der Waals surface area contributed by atoms with Gasteiger partial charge in [-0.3, -0.25) is 0 Å². The summed E-state index contributed by atoms with van der Waals surface area (Å²) < 4.78 is 0.858. The van der Waals surface area contributed by atoms with Gasteiger partial charge in [0, 0.05) is 12.8 Å². The molecule has 3 heteroatoms. The summed E-state index contributed by atoms with van der Waals surface area (Å²) in [5.41, 5.74) is 0. The zero-order valence-electron chi connectivity index (χ0n) is 10.7. The third kappa shape index (κ3) is 2.97. The number of carboxylic acid groups (broad SMARTS) is 1. The number of aliphatic carboxylic acids is 1. The van der Waals surface area contributed by atoms with E-state index in [1.165, 1.54) is 12.8 Å². The highest BCUT2D eigenvalue weighted by molar-refractivity contribution is 5.72. The standard InChI is InChI=1S/C13H25NO2/c1-3-5-9-14(10-6-4-2)11-7-8-12(14)13(15)16/h12H,3-11H2,1-2H3/p+1/t12-/m1/s1. The summed E-state index contributed by atoms with van der Waals surface area (Å²) in [7, 11) is 0. The van der Waals surface area contributed by atoms with Crippen LogP contribution in [-0.4, -0.2) is 41.2 Å².